The van der Waals surface area contributed by atoms with Crippen LogP contribution in [0.3, 0.4) is 0 Å². The summed E-state index contributed by atoms with van der Waals surface area (Å²) in [5.74, 6) is -1.85. The number of hydrogen-bond donors (Lipinski definition) is 1. The smallest absolute Gasteiger partial charge is 0.389 e. The van der Waals surface area contributed by atoms with Crippen molar-refractivity contribution < 1.29 is 73.9 Å². The summed E-state index contributed by atoms with van der Waals surface area (Å²) in [6, 6.07) is 18.0. The number of carbonyl (C=O) groups excluding carboxylic acids is 4. The highest BCUT2D eigenvalue weighted by atomic mass is 79.9. The zero-order valence-electron chi connectivity index (χ0n) is 52.8. The molecule has 0 bridgehead atoms. The van der Waals surface area contributed by atoms with Gasteiger partial charge in [0.25, 0.3) is 0 Å². The number of imidazole rings is 3. The molecule has 22 nitrogen and oxygen atoms in total. The van der Waals surface area contributed by atoms with Crippen LogP contribution in [-0.4, -0.2) is 135 Å². The monoisotopic (exact) mass is 1410 g/mol. The number of esters is 2. The molecule has 2 atom stereocenters. The van der Waals surface area contributed by atoms with Crippen LogP contribution in [0.25, 0.3) is 61.6 Å². The van der Waals surface area contributed by atoms with E-state index >= 15 is 0 Å². The molecule has 11 aromatic rings. The number of alkyl halides is 6. The number of Topliss-reactive ketones (excluding diaryl/α,β-unsaturated/α-hetero) is 2. The average molecular weight is 1410 g/mol. The summed E-state index contributed by atoms with van der Waals surface area (Å²) in [6.07, 6.45) is 13.2. The molecule has 2 aromatic carbocycles. The Hall–Kier alpha value is -10.3. The maximum absolute atomic E-state index is 12.7. The number of hydrogen-bond acceptors (Lipinski definition) is 16. The molecule has 11 rings (SSSR count). The Morgan fingerprint density at radius 2 is 0.948 bits per heavy atom. The van der Waals surface area contributed by atoms with Crippen molar-refractivity contribution in [3.8, 4) is 67.6 Å². The molecule has 1 N–H and O–H groups in total. The van der Waals surface area contributed by atoms with E-state index in [0.29, 0.717) is 47.7 Å². The Morgan fingerprint density at radius 3 is 1.36 bits per heavy atom. The molecule has 0 aliphatic rings. The zero-order chi connectivity index (χ0) is 68.6. The quantitative estimate of drug-likeness (QED) is 0.0377. The fraction of sp³-hybridized carbons (Fsp3) is 0.324. The Balaban J connectivity index is 0.000000220. The maximum Gasteiger partial charge on any atom is 0.389 e. The van der Waals surface area contributed by atoms with Crippen molar-refractivity contribution in [1.82, 2.24) is 57.9 Å². The van der Waals surface area contributed by atoms with Gasteiger partial charge in [-0.2, -0.15) is 41.6 Å². The molecule has 0 aliphatic heterocycles. The number of carbonyl (C=O) groups is 4. The van der Waals surface area contributed by atoms with Crippen LogP contribution in [0, 0.1) is 11.8 Å². The molecule has 0 saturated heterocycles. The fourth-order valence-electron chi connectivity index (χ4n) is 9.72. The van der Waals surface area contributed by atoms with Crippen LogP contribution in [-0.2, 0) is 32.2 Å². The number of rotatable bonds is 22. The van der Waals surface area contributed by atoms with Crippen molar-refractivity contribution in [1.29, 1.82) is 0 Å². The second-order valence-corrected chi connectivity index (χ2v) is 22.1. The number of methoxy groups -OCH3 is 4. The molecule has 9 aromatic heterocycles. The molecule has 0 amide bonds. The molecule has 29 heteroatoms. The fourth-order valence-corrected chi connectivity index (χ4v) is 10.1. The Labute approximate surface area is 563 Å². The Bertz CT molecular complexity index is 4350. The van der Waals surface area contributed by atoms with E-state index in [1.54, 1.807) is 72.5 Å². The van der Waals surface area contributed by atoms with Crippen molar-refractivity contribution in [2.24, 2.45) is 11.8 Å². The Kier molecular flexibility index (Phi) is 26.8. The molecule has 0 saturated carbocycles. The number of aromatic amines is 1. The van der Waals surface area contributed by atoms with E-state index in [1.165, 1.54) is 40.6 Å². The first kappa shape index (κ1) is 75.7. The van der Waals surface area contributed by atoms with Crippen LogP contribution in [0.15, 0.2) is 152 Å². The van der Waals surface area contributed by atoms with Crippen LogP contribution < -0.4 is 18.9 Å². The summed E-state index contributed by atoms with van der Waals surface area (Å²) in [5.41, 5.74) is 9.67. The van der Waals surface area contributed by atoms with E-state index < -0.39 is 49.6 Å². The van der Waals surface area contributed by atoms with Crippen molar-refractivity contribution >= 4 is 56.4 Å². The minimum absolute atomic E-state index is 0. The lowest BCUT2D eigenvalue weighted by molar-refractivity contribution is -0.148. The molecule has 9 heterocycles. The van der Waals surface area contributed by atoms with Gasteiger partial charge in [0, 0.05) is 102 Å². The van der Waals surface area contributed by atoms with Gasteiger partial charge in [-0.3, -0.25) is 38.0 Å². The highest BCUT2D eigenvalue weighted by Gasteiger charge is 2.32. The number of benzene rings is 2. The standard InChI is InChI=1S/C28H29F3N4O5.C16H18N4O2.C12H12BrF3O3.C10H8N4.2CH4/c1-5-40-27(37)17(2)15-34-16-20(13-33-34)18-7-9-35-21(14-32-25(35)12-18)19-10-23(38-3)26(24(11-19)39-4)22(36)6-8-28(29,30)31;1-3-22-16(21)12(2)10-20-11-14(9-18-20)13-4-6-19-7-5-17-15(19)8-13;1-18-9-5-7(13)6-10(19-2)11(9)8(17)3-4-12(14,15)16;1-3-14-4-2-11-10(14)5-8(1)9-6-12-13-7-9;;/h7,9-14,16-17H,5-6,8,15H2,1-4H3;4-9,11-12H,3,10H2,1-2H3;5-6H,3-4H2,1-2H3;1-7H,(H,12,13);2*1H4. The van der Waals surface area contributed by atoms with Gasteiger partial charge >= 0.3 is 24.3 Å². The van der Waals surface area contributed by atoms with Crippen molar-refractivity contribution in [2.75, 3.05) is 41.7 Å². The number of nitrogens with one attached hydrogen (secondary N) is 1. The summed E-state index contributed by atoms with van der Waals surface area (Å²) in [7, 11) is 5.35. The van der Waals surface area contributed by atoms with Gasteiger partial charge in [0.1, 0.15) is 51.1 Å². The lowest BCUT2D eigenvalue weighted by atomic mass is 10.0. The first-order valence-electron chi connectivity index (χ1n) is 29.5. The van der Waals surface area contributed by atoms with Gasteiger partial charge < -0.3 is 37.2 Å². The van der Waals surface area contributed by atoms with Crippen LogP contribution in [0.1, 0.15) is 88.9 Å². The first-order valence-corrected chi connectivity index (χ1v) is 30.3. The number of nitrogens with zero attached hydrogens (tertiary/aromatic N) is 11. The number of halogens is 7. The van der Waals surface area contributed by atoms with Crippen LogP contribution in [0.5, 0.6) is 23.0 Å². The van der Waals surface area contributed by atoms with E-state index in [1.807, 2.05) is 113 Å². The van der Waals surface area contributed by atoms with E-state index in [4.69, 9.17) is 28.4 Å². The van der Waals surface area contributed by atoms with Gasteiger partial charge in [-0.05, 0) is 91.2 Å². The summed E-state index contributed by atoms with van der Waals surface area (Å²) in [5, 5.41) is 15.4. The molecule has 97 heavy (non-hydrogen) atoms. The van der Waals surface area contributed by atoms with Gasteiger partial charge in [0.2, 0.25) is 0 Å². The predicted octanol–water partition coefficient (Wildman–Crippen LogP) is 15.0. The largest absolute Gasteiger partial charge is 0.496 e. The minimum Gasteiger partial charge on any atom is -0.496 e. The number of pyridine rings is 3. The second-order valence-electron chi connectivity index (χ2n) is 21.2. The van der Waals surface area contributed by atoms with E-state index in [-0.39, 0.29) is 72.8 Å². The van der Waals surface area contributed by atoms with Gasteiger partial charge in [-0.1, -0.05) is 44.6 Å². The molecule has 0 fully saturated rings. The number of aromatic nitrogens is 12. The molecule has 516 valence electrons. The highest BCUT2D eigenvalue weighted by Crippen LogP contribution is 2.39. The predicted molar refractivity (Wildman–Crippen MR) is 356 cm³/mol. The van der Waals surface area contributed by atoms with Crippen molar-refractivity contribution in [2.45, 2.75) is 93.7 Å². The third-order valence-corrected chi connectivity index (χ3v) is 14.9. The summed E-state index contributed by atoms with van der Waals surface area (Å²) in [4.78, 5) is 61.1. The summed E-state index contributed by atoms with van der Waals surface area (Å²) >= 11 is 3.20. The third-order valence-electron chi connectivity index (χ3n) is 14.5. The lowest BCUT2D eigenvalue weighted by Crippen LogP contribution is -2.20. The molecule has 2 unspecified atom stereocenters. The van der Waals surface area contributed by atoms with Crippen molar-refractivity contribution in [3.05, 3.63) is 163 Å². The SMILES string of the molecule is C.C.CCOC(=O)C(C)Cn1cc(-c2ccn3c(-c4cc(OC)c(C(=O)CCC(F)(F)F)c(OC)c4)cnc3c2)cn1.CCOC(=O)C(C)Cn1cc(-c2ccn3ccnc3c2)cn1.COc1cc(Br)cc(OC)c1C(=O)CCC(F)(F)F.c1cn2ccc(-c3cn[nH]c3)cc2n1. The van der Waals surface area contributed by atoms with Crippen LogP contribution in [0.2, 0.25) is 0 Å². The van der Waals surface area contributed by atoms with E-state index in [0.717, 1.165) is 44.7 Å². The topological polar surface area (TPSA) is 240 Å². The second kappa shape index (κ2) is 34.4. The number of fused-ring (bicyclic) bond motifs is 3. The third kappa shape index (κ3) is 20.1. The lowest BCUT2D eigenvalue weighted by Gasteiger charge is -2.15. The van der Waals surface area contributed by atoms with Gasteiger partial charge in [0.05, 0.1) is 110 Å². The average Bonchev–Trinajstić information content (AvgIpc) is 1.71. The van der Waals surface area contributed by atoms with Gasteiger partial charge in [-0.25, -0.2) is 15.0 Å². The number of ketones is 2. The summed E-state index contributed by atoms with van der Waals surface area (Å²) in [6.45, 7) is 8.81. The maximum atomic E-state index is 12.7. The van der Waals surface area contributed by atoms with Crippen LogP contribution >= 0.6 is 15.9 Å². The van der Waals surface area contributed by atoms with E-state index in [9.17, 15) is 45.5 Å². The molecule has 0 radical (unpaired) electrons. The van der Waals surface area contributed by atoms with Gasteiger partial charge in [0.15, 0.2) is 11.6 Å². The zero-order valence-corrected chi connectivity index (χ0v) is 54.4. The first-order chi connectivity index (χ1) is 45.4. The Morgan fingerprint density at radius 1 is 0.526 bits per heavy atom. The summed E-state index contributed by atoms with van der Waals surface area (Å²) < 4.78 is 115. The van der Waals surface area contributed by atoms with Crippen LogP contribution in [0.4, 0.5) is 26.3 Å². The molecular weight excluding hydrogens is 1340 g/mol. The van der Waals surface area contributed by atoms with Crippen molar-refractivity contribution in [3.63, 3.8) is 0 Å². The number of ether oxygens (including phenoxy) is 6. The van der Waals surface area contributed by atoms with E-state index in [2.05, 4.69) is 51.3 Å². The minimum atomic E-state index is -4.45. The van der Waals surface area contributed by atoms with Gasteiger partial charge in [-0.15, -0.1) is 0 Å². The molecule has 0 aliphatic carbocycles. The number of H-pyrrole nitrogens is 1. The molecular formula is C68H75BrF6N12O10. The highest BCUT2D eigenvalue weighted by molar-refractivity contribution is 9.10. The molecule has 0 spiro atoms. The normalized spacial score (nSPS) is 11.7.